The first kappa shape index (κ1) is 15.5. The summed E-state index contributed by atoms with van der Waals surface area (Å²) in [6, 6.07) is 6.96. The molecule has 1 aliphatic rings. The molecule has 2 unspecified atom stereocenters. The van der Waals surface area contributed by atoms with Crippen molar-refractivity contribution in [3.63, 3.8) is 0 Å². The summed E-state index contributed by atoms with van der Waals surface area (Å²) in [4.78, 5) is 2.40. The SMILES string of the molecule is Cc1ccc(C(CN)N(C)CC2CCCOC2)c(C)c1. The first-order valence-electron chi connectivity index (χ1n) is 7.67. The van der Waals surface area contributed by atoms with Crippen LogP contribution in [0, 0.1) is 19.8 Å². The Bertz CT molecular complexity index is 427. The predicted octanol–water partition coefficient (Wildman–Crippen LogP) is 2.66. The molecule has 1 aromatic carbocycles. The van der Waals surface area contributed by atoms with Crippen molar-refractivity contribution in [3.8, 4) is 0 Å². The van der Waals surface area contributed by atoms with Gasteiger partial charge in [0.15, 0.2) is 0 Å². The molecule has 3 nitrogen and oxygen atoms in total. The zero-order valence-electron chi connectivity index (χ0n) is 13.1. The van der Waals surface area contributed by atoms with E-state index >= 15 is 0 Å². The standard InChI is InChI=1S/C17H28N2O/c1-13-6-7-16(14(2)9-13)17(10-18)19(3)11-15-5-4-8-20-12-15/h6-7,9,15,17H,4-5,8,10-12,18H2,1-3H3. The van der Waals surface area contributed by atoms with Crippen LogP contribution in [0.3, 0.4) is 0 Å². The molecule has 2 atom stereocenters. The number of nitrogens with zero attached hydrogens (tertiary/aromatic N) is 1. The van der Waals surface area contributed by atoms with E-state index in [1.54, 1.807) is 0 Å². The highest BCUT2D eigenvalue weighted by Crippen LogP contribution is 2.25. The van der Waals surface area contributed by atoms with Gasteiger partial charge in [-0.25, -0.2) is 0 Å². The first-order chi connectivity index (χ1) is 9.61. The topological polar surface area (TPSA) is 38.5 Å². The molecular formula is C17H28N2O. The summed E-state index contributed by atoms with van der Waals surface area (Å²) in [6.07, 6.45) is 2.46. The highest BCUT2D eigenvalue weighted by atomic mass is 16.5. The van der Waals surface area contributed by atoms with Crippen LogP contribution < -0.4 is 5.73 Å². The van der Waals surface area contributed by atoms with Crippen molar-refractivity contribution in [1.82, 2.24) is 4.90 Å². The molecule has 112 valence electrons. The summed E-state index contributed by atoms with van der Waals surface area (Å²) in [5.41, 5.74) is 10.1. The van der Waals surface area contributed by atoms with Crippen LogP contribution in [-0.4, -0.2) is 38.3 Å². The fourth-order valence-corrected chi connectivity index (χ4v) is 3.23. The van der Waals surface area contributed by atoms with Crippen molar-refractivity contribution >= 4 is 0 Å². The van der Waals surface area contributed by atoms with Gasteiger partial charge in [0.05, 0.1) is 6.61 Å². The number of benzene rings is 1. The molecule has 0 bridgehead atoms. The summed E-state index contributed by atoms with van der Waals surface area (Å²) < 4.78 is 5.58. The molecule has 1 saturated heterocycles. The lowest BCUT2D eigenvalue weighted by molar-refractivity contribution is 0.0365. The molecule has 0 aliphatic carbocycles. The van der Waals surface area contributed by atoms with E-state index in [0.717, 1.165) is 19.8 Å². The normalized spacial score (nSPS) is 21.1. The van der Waals surface area contributed by atoms with Crippen LogP contribution in [0.4, 0.5) is 0 Å². The minimum Gasteiger partial charge on any atom is -0.381 e. The molecule has 1 fully saturated rings. The van der Waals surface area contributed by atoms with Crippen LogP contribution in [0.1, 0.15) is 35.6 Å². The van der Waals surface area contributed by atoms with Gasteiger partial charge >= 0.3 is 0 Å². The second-order valence-corrected chi connectivity index (χ2v) is 6.13. The third kappa shape index (κ3) is 3.81. The second kappa shape index (κ2) is 7.21. The van der Waals surface area contributed by atoms with Crippen LogP contribution in [0.2, 0.25) is 0 Å². The van der Waals surface area contributed by atoms with Crippen LogP contribution >= 0.6 is 0 Å². The molecule has 20 heavy (non-hydrogen) atoms. The average Bonchev–Trinajstić information content (AvgIpc) is 2.43. The lowest BCUT2D eigenvalue weighted by Crippen LogP contribution is -2.37. The number of hydrogen-bond acceptors (Lipinski definition) is 3. The van der Waals surface area contributed by atoms with Crippen LogP contribution in [0.25, 0.3) is 0 Å². The molecule has 3 heteroatoms. The van der Waals surface area contributed by atoms with E-state index in [0.29, 0.717) is 18.5 Å². The zero-order valence-corrected chi connectivity index (χ0v) is 13.1. The summed E-state index contributed by atoms with van der Waals surface area (Å²) in [6.45, 7) is 7.87. The molecule has 1 aromatic rings. The average molecular weight is 276 g/mol. The van der Waals surface area contributed by atoms with Gasteiger partial charge in [-0.3, -0.25) is 4.90 Å². The van der Waals surface area contributed by atoms with Gasteiger partial charge in [-0.15, -0.1) is 0 Å². The lowest BCUT2D eigenvalue weighted by Gasteiger charge is -2.33. The third-order valence-electron chi connectivity index (χ3n) is 4.34. The van der Waals surface area contributed by atoms with E-state index in [-0.39, 0.29) is 0 Å². The van der Waals surface area contributed by atoms with Crippen molar-refractivity contribution in [1.29, 1.82) is 0 Å². The Morgan fingerprint density at radius 2 is 2.20 bits per heavy atom. The van der Waals surface area contributed by atoms with Gasteiger partial charge in [-0.1, -0.05) is 23.8 Å². The van der Waals surface area contributed by atoms with Gasteiger partial charge in [-0.05, 0) is 50.8 Å². The van der Waals surface area contributed by atoms with Crippen molar-refractivity contribution in [2.45, 2.75) is 32.7 Å². The van der Waals surface area contributed by atoms with E-state index in [2.05, 4.69) is 44.0 Å². The molecule has 0 amide bonds. The summed E-state index contributed by atoms with van der Waals surface area (Å²) in [7, 11) is 2.19. The molecular weight excluding hydrogens is 248 g/mol. The fourth-order valence-electron chi connectivity index (χ4n) is 3.23. The summed E-state index contributed by atoms with van der Waals surface area (Å²) >= 11 is 0. The quantitative estimate of drug-likeness (QED) is 0.898. The van der Waals surface area contributed by atoms with E-state index in [1.165, 1.54) is 29.5 Å². The fraction of sp³-hybridized carbons (Fsp3) is 0.647. The number of aryl methyl sites for hydroxylation is 2. The lowest BCUT2D eigenvalue weighted by atomic mass is 9.96. The van der Waals surface area contributed by atoms with Gasteiger partial charge < -0.3 is 10.5 Å². The van der Waals surface area contributed by atoms with E-state index in [1.807, 2.05) is 0 Å². The van der Waals surface area contributed by atoms with Crippen molar-refractivity contribution in [3.05, 3.63) is 34.9 Å². The van der Waals surface area contributed by atoms with Crippen molar-refractivity contribution < 1.29 is 4.74 Å². The number of likely N-dealkylation sites (N-methyl/N-ethyl adjacent to an activating group) is 1. The minimum absolute atomic E-state index is 0.303. The van der Waals surface area contributed by atoms with Gasteiger partial charge in [-0.2, -0.15) is 0 Å². The Morgan fingerprint density at radius 3 is 2.80 bits per heavy atom. The smallest absolute Gasteiger partial charge is 0.0506 e. The van der Waals surface area contributed by atoms with Gasteiger partial charge in [0.25, 0.3) is 0 Å². The number of hydrogen-bond donors (Lipinski definition) is 1. The molecule has 1 aliphatic heterocycles. The van der Waals surface area contributed by atoms with E-state index < -0.39 is 0 Å². The Kier molecular flexibility index (Phi) is 5.58. The van der Waals surface area contributed by atoms with Gasteiger partial charge in [0.2, 0.25) is 0 Å². The highest BCUT2D eigenvalue weighted by Gasteiger charge is 2.22. The number of ether oxygens (including phenoxy) is 1. The Hall–Kier alpha value is -0.900. The number of nitrogens with two attached hydrogens (primary N) is 1. The first-order valence-corrected chi connectivity index (χ1v) is 7.67. The third-order valence-corrected chi connectivity index (χ3v) is 4.34. The van der Waals surface area contributed by atoms with E-state index in [9.17, 15) is 0 Å². The Balaban J connectivity index is 2.06. The maximum atomic E-state index is 6.04. The second-order valence-electron chi connectivity index (χ2n) is 6.13. The molecule has 0 radical (unpaired) electrons. The Labute approximate surface area is 123 Å². The zero-order chi connectivity index (χ0) is 14.5. The van der Waals surface area contributed by atoms with Crippen molar-refractivity contribution in [2.24, 2.45) is 11.7 Å². The summed E-state index contributed by atoms with van der Waals surface area (Å²) in [5, 5.41) is 0. The molecule has 0 aromatic heterocycles. The van der Waals surface area contributed by atoms with Crippen LogP contribution in [0.15, 0.2) is 18.2 Å². The molecule has 0 spiro atoms. The molecule has 2 rings (SSSR count). The molecule has 1 heterocycles. The maximum Gasteiger partial charge on any atom is 0.0506 e. The van der Waals surface area contributed by atoms with Crippen molar-refractivity contribution in [2.75, 3.05) is 33.4 Å². The van der Waals surface area contributed by atoms with Gasteiger partial charge in [0, 0.05) is 25.7 Å². The molecule has 2 N–H and O–H groups in total. The van der Waals surface area contributed by atoms with Crippen LogP contribution in [0.5, 0.6) is 0 Å². The number of rotatable bonds is 5. The van der Waals surface area contributed by atoms with Crippen LogP contribution in [-0.2, 0) is 4.74 Å². The van der Waals surface area contributed by atoms with Gasteiger partial charge in [0.1, 0.15) is 0 Å². The Morgan fingerprint density at radius 1 is 1.40 bits per heavy atom. The predicted molar refractivity (Wildman–Crippen MR) is 83.9 cm³/mol. The largest absolute Gasteiger partial charge is 0.381 e. The monoisotopic (exact) mass is 276 g/mol. The molecule has 0 saturated carbocycles. The van der Waals surface area contributed by atoms with E-state index in [4.69, 9.17) is 10.5 Å². The highest BCUT2D eigenvalue weighted by molar-refractivity contribution is 5.33. The maximum absolute atomic E-state index is 6.04. The summed E-state index contributed by atoms with van der Waals surface area (Å²) in [5.74, 6) is 0.647. The minimum atomic E-state index is 0.303.